The van der Waals surface area contributed by atoms with E-state index in [1.165, 1.54) is 12.3 Å². The molecule has 7 heavy (non-hydrogen) atoms. The summed E-state index contributed by atoms with van der Waals surface area (Å²) in [7, 11) is 0. The molecule has 0 aliphatic rings. The third-order valence-electron chi connectivity index (χ3n) is 0.339. The first-order chi connectivity index (χ1) is 3.41. The molecule has 3 nitrogen and oxygen atoms in total. The molecule has 0 radical (unpaired) electrons. The minimum atomic E-state index is 0.486. The summed E-state index contributed by atoms with van der Waals surface area (Å²) in [4.78, 5) is 18.8. The zero-order valence-electron chi connectivity index (χ0n) is 3.63. The van der Waals surface area contributed by atoms with Gasteiger partial charge in [-0.25, -0.2) is 0 Å². The number of carbonyl (C=O) groups is 2. The van der Waals surface area contributed by atoms with Crippen LogP contribution in [0.1, 0.15) is 0 Å². The fourth-order valence-corrected chi connectivity index (χ4v) is 0.134. The Morgan fingerprint density at radius 3 is 2.43 bits per heavy atom. The molecule has 0 rings (SSSR count). The molecule has 0 saturated carbocycles. The summed E-state index contributed by atoms with van der Waals surface area (Å²) in [6.07, 6.45) is 3.50. The molecule has 0 aromatic heterocycles. The lowest BCUT2D eigenvalue weighted by Gasteiger charge is -1.74. The van der Waals surface area contributed by atoms with Crippen LogP contribution in [0.4, 0.5) is 0 Å². The third-order valence-corrected chi connectivity index (χ3v) is 0.339. The molecule has 0 aromatic rings. The third kappa shape index (κ3) is 4.88. The van der Waals surface area contributed by atoms with Crippen molar-refractivity contribution in [1.82, 2.24) is 5.32 Å². The molecule has 0 aliphatic carbocycles. The summed E-state index contributed by atoms with van der Waals surface area (Å²) < 4.78 is 0. The van der Waals surface area contributed by atoms with Crippen molar-refractivity contribution in [1.29, 1.82) is 0 Å². The number of rotatable bonds is 3. The van der Waals surface area contributed by atoms with E-state index in [9.17, 15) is 9.59 Å². The summed E-state index contributed by atoms with van der Waals surface area (Å²) in [6.45, 7) is 0. The van der Waals surface area contributed by atoms with Gasteiger partial charge in [-0.3, -0.25) is 9.59 Å². The van der Waals surface area contributed by atoms with Crippen LogP contribution in [0.2, 0.25) is 0 Å². The van der Waals surface area contributed by atoms with Gasteiger partial charge in [0.15, 0.2) is 0 Å². The van der Waals surface area contributed by atoms with Gasteiger partial charge in [0.1, 0.15) is 6.29 Å². The number of carbonyl (C=O) groups excluding carboxylic acids is 2. The maximum Gasteiger partial charge on any atom is 0.211 e. The SMILES string of the molecule is O=C/C=C/NC=O. The van der Waals surface area contributed by atoms with Gasteiger partial charge >= 0.3 is 0 Å². The molecule has 0 atom stereocenters. The average molecular weight is 99.1 g/mol. The Balaban J connectivity index is 3.08. The van der Waals surface area contributed by atoms with Crippen molar-refractivity contribution < 1.29 is 9.59 Å². The molecule has 0 fully saturated rings. The van der Waals surface area contributed by atoms with Gasteiger partial charge in [-0.2, -0.15) is 0 Å². The second-order valence-electron chi connectivity index (χ2n) is 0.780. The number of allylic oxidation sites excluding steroid dienone is 1. The van der Waals surface area contributed by atoms with Gasteiger partial charge in [-0.1, -0.05) is 0 Å². The Morgan fingerprint density at radius 2 is 2.00 bits per heavy atom. The summed E-state index contributed by atoms with van der Waals surface area (Å²) in [5.41, 5.74) is 0. The molecule has 0 spiro atoms. The molecular formula is C4H5NO2. The van der Waals surface area contributed by atoms with Crippen molar-refractivity contribution in [2.75, 3.05) is 0 Å². The molecular weight excluding hydrogens is 94.0 g/mol. The zero-order chi connectivity index (χ0) is 5.54. The van der Waals surface area contributed by atoms with Gasteiger partial charge in [-0.05, 0) is 6.08 Å². The van der Waals surface area contributed by atoms with Gasteiger partial charge in [0.25, 0.3) is 0 Å². The largest absolute Gasteiger partial charge is 0.335 e. The van der Waals surface area contributed by atoms with E-state index in [1.807, 2.05) is 0 Å². The molecule has 0 unspecified atom stereocenters. The molecule has 3 heteroatoms. The van der Waals surface area contributed by atoms with Gasteiger partial charge < -0.3 is 5.32 Å². The van der Waals surface area contributed by atoms with Crippen molar-refractivity contribution in [2.24, 2.45) is 0 Å². The number of nitrogens with one attached hydrogen (secondary N) is 1. The summed E-state index contributed by atoms with van der Waals surface area (Å²) >= 11 is 0. The second-order valence-corrected chi connectivity index (χ2v) is 0.780. The van der Waals surface area contributed by atoms with Gasteiger partial charge in [0.2, 0.25) is 6.41 Å². The van der Waals surface area contributed by atoms with E-state index in [4.69, 9.17) is 0 Å². The van der Waals surface area contributed by atoms with Crippen molar-refractivity contribution >= 4 is 12.7 Å². The Morgan fingerprint density at radius 1 is 1.29 bits per heavy atom. The van der Waals surface area contributed by atoms with E-state index in [1.54, 1.807) is 0 Å². The average Bonchev–Trinajstić information content (AvgIpc) is 1.69. The van der Waals surface area contributed by atoms with Crippen LogP contribution in [0.3, 0.4) is 0 Å². The highest BCUT2D eigenvalue weighted by molar-refractivity contribution is 5.65. The van der Waals surface area contributed by atoms with Gasteiger partial charge in [0, 0.05) is 6.20 Å². The Labute approximate surface area is 41.0 Å². The van der Waals surface area contributed by atoms with E-state index in [2.05, 4.69) is 5.32 Å². The topological polar surface area (TPSA) is 46.2 Å². The molecule has 0 heterocycles. The molecule has 1 amide bonds. The van der Waals surface area contributed by atoms with Crippen molar-refractivity contribution in [3.05, 3.63) is 12.3 Å². The normalized spacial score (nSPS) is 8.57. The fourth-order valence-electron chi connectivity index (χ4n) is 0.134. The molecule has 0 aliphatic heterocycles. The molecule has 0 aromatic carbocycles. The monoisotopic (exact) mass is 99.0 g/mol. The highest BCUT2D eigenvalue weighted by Crippen LogP contribution is 1.52. The Hall–Kier alpha value is -1.12. The standard InChI is InChI=1S/C4H5NO2/c6-3-1-2-5-4-7/h1-4H,(H,5,7)/b2-1+. The zero-order valence-corrected chi connectivity index (χ0v) is 3.63. The molecule has 1 N–H and O–H groups in total. The fraction of sp³-hybridized carbons (Fsp3) is 0. The summed E-state index contributed by atoms with van der Waals surface area (Å²) in [6, 6.07) is 0. The number of hydrogen-bond donors (Lipinski definition) is 1. The first-order valence-electron chi connectivity index (χ1n) is 1.72. The summed E-state index contributed by atoms with van der Waals surface area (Å²) in [5.74, 6) is 0. The van der Waals surface area contributed by atoms with Crippen LogP contribution in [0.5, 0.6) is 0 Å². The van der Waals surface area contributed by atoms with E-state index in [-0.39, 0.29) is 0 Å². The molecule has 0 bridgehead atoms. The van der Waals surface area contributed by atoms with E-state index in [0.29, 0.717) is 12.7 Å². The predicted octanol–water partition coefficient (Wildman–Crippen LogP) is -0.555. The maximum absolute atomic E-state index is 9.44. The highest BCUT2D eigenvalue weighted by atomic mass is 16.1. The van der Waals surface area contributed by atoms with E-state index >= 15 is 0 Å². The molecule has 38 valence electrons. The van der Waals surface area contributed by atoms with E-state index < -0.39 is 0 Å². The first-order valence-corrected chi connectivity index (χ1v) is 1.72. The smallest absolute Gasteiger partial charge is 0.211 e. The van der Waals surface area contributed by atoms with Crippen molar-refractivity contribution in [3.63, 3.8) is 0 Å². The number of hydrogen-bond acceptors (Lipinski definition) is 2. The lowest BCUT2D eigenvalue weighted by Crippen LogP contribution is -1.97. The van der Waals surface area contributed by atoms with Crippen LogP contribution in [0.25, 0.3) is 0 Å². The van der Waals surface area contributed by atoms with E-state index in [0.717, 1.165) is 0 Å². The molecule has 0 saturated heterocycles. The van der Waals surface area contributed by atoms with Crippen LogP contribution < -0.4 is 5.32 Å². The van der Waals surface area contributed by atoms with Crippen LogP contribution in [-0.4, -0.2) is 12.7 Å². The predicted molar refractivity (Wildman–Crippen MR) is 24.4 cm³/mol. The maximum atomic E-state index is 9.44. The van der Waals surface area contributed by atoms with Crippen molar-refractivity contribution in [3.8, 4) is 0 Å². The van der Waals surface area contributed by atoms with Gasteiger partial charge in [-0.15, -0.1) is 0 Å². The summed E-state index contributed by atoms with van der Waals surface area (Å²) in [5, 5.41) is 2.16. The number of amides is 1. The van der Waals surface area contributed by atoms with Crippen LogP contribution >= 0.6 is 0 Å². The number of aldehydes is 1. The van der Waals surface area contributed by atoms with Crippen LogP contribution in [0.15, 0.2) is 12.3 Å². The second kappa shape index (κ2) is 4.88. The minimum absolute atomic E-state index is 0.486. The highest BCUT2D eigenvalue weighted by Gasteiger charge is 1.61. The Kier molecular flexibility index (Phi) is 4.10. The minimum Gasteiger partial charge on any atom is -0.335 e. The lowest BCUT2D eigenvalue weighted by atomic mass is 10.7. The Bertz CT molecular complexity index is 87.7. The quantitative estimate of drug-likeness (QED) is 0.381. The lowest BCUT2D eigenvalue weighted by molar-refractivity contribution is -0.108. The van der Waals surface area contributed by atoms with Crippen LogP contribution in [0, 0.1) is 0 Å². The van der Waals surface area contributed by atoms with Gasteiger partial charge in [0.05, 0.1) is 0 Å². The van der Waals surface area contributed by atoms with Crippen molar-refractivity contribution in [2.45, 2.75) is 0 Å². The first kappa shape index (κ1) is 5.88. The van der Waals surface area contributed by atoms with Crippen LogP contribution in [-0.2, 0) is 9.59 Å².